The van der Waals surface area contributed by atoms with Crippen LogP contribution in [-0.4, -0.2) is 47.2 Å². The molecule has 3 N–H and O–H groups in total. The molecule has 1 unspecified atom stereocenters. The van der Waals surface area contributed by atoms with E-state index in [1.807, 2.05) is 0 Å². The minimum Gasteiger partial charge on any atom is -0.480 e. The summed E-state index contributed by atoms with van der Waals surface area (Å²) in [6.07, 6.45) is 0. The fourth-order valence-electron chi connectivity index (χ4n) is 0.696. The van der Waals surface area contributed by atoms with Crippen molar-refractivity contribution in [2.75, 3.05) is 18.3 Å². The van der Waals surface area contributed by atoms with Crippen LogP contribution in [0.25, 0.3) is 0 Å². The first-order valence-corrected chi connectivity index (χ1v) is 4.99. The molecule has 8 heteroatoms. The number of halogens is 2. The highest BCUT2D eigenvalue weighted by molar-refractivity contribution is 6.27. The number of carboxylic acid groups (broad SMARTS) is 1. The van der Waals surface area contributed by atoms with Gasteiger partial charge in [-0.25, -0.2) is 4.79 Å². The number of nitrogens with one attached hydrogen (secondary N) is 2. The summed E-state index contributed by atoms with van der Waals surface area (Å²) >= 11 is 10.4. The number of rotatable bonds is 6. The number of carbonyl (C=O) groups excluding carboxylic acids is 2. The molecule has 0 rings (SSSR count). The van der Waals surface area contributed by atoms with Gasteiger partial charge < -0.3 is 15.7 Å². The Kier molecular flexibility index (Phi) is 6.81. The van der Waals surface area contributed by atoms with E-state index in [2.05, 4.69) is 10.6 Å². The van der Waals surface area contributed by atoms with Crippen LogP contribution < -0.4 is 10.6 Å². The third kappa shape index (κ3) is 6.14. The molecule has 0 aromatic carbocycles. The number of alkyl halides is 2. The van der Waals surface area contributed by atoms with Gasteiger partial charge >= 0.3 is 5.97 Å². The molecule has 86 valence electrons. The summed E-state index contributed by atoms with van der Waals surface area (Å²) in [6, 6.07) is -1.21. The standard InChI is InChI=1S/C7H10Cl2N2O4/c8-1-5(12)10-3-4(7(14)15)11-6(13)2-9/h4H,1-3H2,(H,10,12)(H,11,13)(H,14,15). The third-order valence-corrected chi connectivity index (χ3v) is 1.86. The monoisotopic (exact) mass is 256 g/mol. The molecule has 0 aromatic rings. The van der Waals surface area contributed by atoms with Crippen LogP contribution in [0.4, 0.5) is 0 Å². The van der Waals surface area contributed by atoms with Crippen molar-refractivity contribution in [3.63, 3.8) is 0 Å². The van der Waals surface area contributed by atoms with Crippen LogP contribution in [0.3, 0.4) is 0 Å². The highest BCUT2D eigenvalue weighted by Gasteiger charge is 2.19. The summed E-state index contributed by atoms with van der Waals surface area (Å²) in [6.45, 7) is -0.233. The predicted octanol–water partition coefficient (Wildman–Crippen LogP) is -0.850. The van der Waals surface area contributed by atoms with Gasteiger partial charge in [0.1, 0.15) is 17.8 Å². The second-order valence-electron chi connectivity index (χ2n) is 2.53. The maximum atomic E-state index is 10.8. The molecular weight excluding hydrogens is 247 g/mol. The molecule has 0 aromatic heterocycles. The minimum atomic E-state index is -1.26. The lowest BCUT2D eigenvalue weighted by Gasteiger charge is -2.13. The smallest absolute Gasteiger partial charge is 0.328 e. The fraction of sp³-hybridized carbons (Fsp3) is 0.571. The average Bonchev–Trinajstić information content (AvgIpc) is 2.22. The summed E-state index contributed by atoms with van der Waals surface area (Å²) in [4.78, 5) is 32.1. The zero-order valence-corrected chi connectivity index (χ0v) is 9.14. The molecule has 6 nitrogen and oxygen atoms in total. The molecule has 0 spiro atoms. The van der Waals surface area contributed by atoms with Crippen molar-refractivity contribution in [3.8, 4) is 0 Å². The van der Waals surface area contributed by atoms with E-state index in [4.69, 9.17) is 28.3 Å². The van der Waals surface area contributed by atoms with Crippen LogP contribution in [0.15, 0.2) is 0 Å². The van der Waals surface area contributed by atoms with Gasteiger partial charge in [-0.2, -0.15) is 0 Å². The lowest BCUT2D eigenvalue weighted by atomic mass is 10.3. The molecule has 0 bridgehead atoms. The van der Waals surface area contributed by atoms with Crippen LogP contribution >= 0.6 is 23.2 Å². The van der Waals surface area contributed by atoms with E-state index in [1.54, 1.807) is 0 Å². The Hall–Kier alpha value is -1.01. The van der Waals surface area contributed by atoms with E-state index in [0.29, 0.717) is 0 Å². The molecule has 0 saturated carbocycles. The highest BCUT2D eigenvalue weighted by atomic mass is 35.5. The lowest BCUT2D eigenvalue weighted by Crippen LogP contribution is -2.49. The summed E-state index contributed by atoms with van der Waals surface area (Å²) in [5, 5.41) is 13.0. The summed E-state index contributed by atoms with van der Waals surface area (Å²) in [7, 11) is 0. The van der Waals surface area contributed by atoms with Gasteiger partial charge in [-0.1, -0.05) is 0 Å². The SMILES string of the molecule is O=C(CCl)NCC(NC(=O)CCl)C(=O)O. The van der Waals surface area contributed by atoms with E-state index in [1.165, 1.54) is 0 Å². The van der Waals surface area contributed by atoms with Gasteiger partial charge in [0, 0.05) is 6.54 Å². The predicted molar refractivity (Wildman–Crippen MR) is 54.0 cm³/mol. The van der Waals surface area contributed by atoms with Crippen LogP contribution in [0.1, 0.15) is 0 Å². The Bertz CT molecular complexity index is 259. The first-order valence-electron chi connectivity index (χ1n) is 3.92. The van der Waals surface area contributed by atoms with Crippen molar-refractivity contribution >= 4 is 41.0 Å². The van der Waals surface area contributed by atoms with Crippen LogP contribution in [0.2, 0.25) is 0 Å². The van der Waals surface area contributed by atoms with Crippen LogP contribution in [0.5, 0.6) is 0 Å². The molecule has 0 aliphatic heterocycles. The lowest BCUT2D eigenvalue weighted by molar-refractivity contribution is -0.141. The van der Waals surface area contributed by atoms with Crippen molar-refractivity contribution in [2.45, 2.75) is 6.04 Å². The van der Waals surface area contributed by atoms with Crippen LogP contribution in [0, 0.1) is 0 Å². The van der Waals surface area contributed by atoms with Crippen molar-refractivity contribution in [1.82, 2.24) is 10.6 Å². The fourth-order valence-corrected chi connectivity index (χ4v) is 0.868. The first kappa shape index (κ1) is 14.0. The Balaban J connectivity index is 4.11. The molecule has 0 fully saturated rings. The molecule has 0 saturated heterocycles. The van der Waals surface area contributed by atoms with Crippen LogP contribution in [-0.2, 0) is 14.4 Å². The van der Waals surface area contributed by atoms with Gasteiger partial charge in [0.15, 0.2) is 0 Å². The molecular formula is C7H10Cl2N2O4. The second-order valence-corrected chi connectivity index (χ2v) is 3.06. The van der Waals surface area contributed by atoms with E-state index in [-0.39, 0.29) is 18.3 Å². The topological polar surface area (TPSA) is 95.5 Å². The summed E-state index contributed by atoms with van der Waals surface area (Å²) in [5.74, 6) is -3.00. The first-order chi connectivity index (χ1) is 7.01. The zero-order chi connectivity index (χ0) is 11.8. The van der Waals surface area contributed by atoms with E-state index in [0.717, 1.165) is 0 Å². The molecule has 0 radical (unpaired) electrons. The van der Waals surface area contributed by atoms with Gasteiger partial charge in [-0.3, -0.25) is 9.59 Å². The van der Waals surface area contributed by atoms with E-state index < -0.39 is 23.8 Å². The second kappa shape index (κ2) is 7.30. The minimum absolute atomic E-state index is 0.233. The normalized spacial score (nSPS) is 11.6. The number of hydrogen-bond acceptors (Lipinski definition) is 3. The molecule has 15 heavy (non-hydrogen) atoms. The Labute approximate surface area is 95.9 Å². The average molecular weight is 257 g/mol. The highest BCUT2D eigenvalue weighted by Crippen LogP contribution is 1.85. The number of amides is 2. The van der Waals surface area contributed by atoms with Crippen molar-refractivity contribution in [3.05, 3.63) is 0 Å². The quantitative estimate of drug-likeness (QED) is 0.540. The zero-order valence-electron chi connectivity index (χ0n) is 7.63. The molecule has 1 atom stereocenters. The molecule has 0 heterocycles. The van der Waals surface area contributed by atoms with E-state index in [9.17, 15) is 14.4 Å². The van der Waals surface area contributed by atoms with Gasteiger partial charge in [-0.15, -0.1) is 23.2 Å². The van der Waals surface area contributed by atoms with Crippen molar-refractivity contribution < 1.29 is 19.5 Å². The van der Waals surface area contributed by atoms with Gasteiger partial charge in [-0.05, 0) is 0 Å². The summed E-state index contributed by atoms with van der Waals surface area (Å²) in [5.41, 5.74) is 0. The molecule has 0 aliphatic rings. The van der Waals surface area contributed by atoms with Gasteiger partial charge in [0.25, 0.3) is 0 Å². The third-order valence-electron chi connectivity index (χ3n) is 1.38. The number of carboxylic acids is 1. The van der Waals surface area contributed by atoms with E-state index >= 15 is 0 Å². The Morgan fingerprint density at radius 3 is 2.07 bits per heavy atom. The number of aliphatic carboxylic acids is 1. The van der Waals surface area contributed by atoms with Crippen molar-refractivity contribution in [1.29, 1.82) is 0 Å². The number of hydrogen-bond donors (Lipinski definition) is 3. The maximum absolute atomic E-state index is 10.8. The van der Waals surface area contributed by atoms with Gasteiger partial charge in [0.2, 0.25) is 11.8 Å². The van der Waals surface area contributed by atoms with Crippen molar-refractivity contribution in [2.24, 2.45) is 0 Å². The maximum Gasteiger partial charge on any atom is 0.328 e. The number of carbonyl (C=O) groups is 3. The Morgan fingerprint density at radius 1 is 1.13 bits per heavy atom. The molecule has 2 amide bonds. The summed E-state index contributed by atoms with van der Waals surface area (Å²) < 4.78 is 0. The van der Waals surface area contributed by atoms with Gasteiger partial charge in [0.05, 0.1) is 0 Å². The largest absolute Gasteiger partial charge is 0.480 e. The Morgan fingerprint density at radius 2 is 1.67 bits per heavy atom. The molecule has 0 aliphatic carbocycles.